The minimum atomic E-state index is -4.67. The molecule has 2 N–H and O–H groups in total. The number of aliphatic imine (C=N–C) groups is 1. The Kier molecular flexibility index (Phi) is 8.11. The zero-order valence-electron chi connectivity index (χ0n) is 20.9. The summed E-state index contributed by atoms with van der Waals surface area (Å²) in [4.78, 5) is 5.28. The van der Waals surface area contributed by atoms with Crippen LogP contribution in [0.2, 0.25) is 0 Å². The number of piperidine rings is 1. The van der Waals surface area contributed by atoms with Crippen molar-refractivity contribution in [2.75, 3.05) is 13.1 Å². The average molecular weight is 530 g/mol. The maximum atomic E-state index is 14.9. The predicted octanol–water partition coefficient (Wildman–Crippen LogP) is 7.10. The molecule has 0 atom stereocenters. The quantitative estimate of drug-likeness (QED) is 0.186. The van der Waals surface area contributed by atoms with E-state index in [1.807, 2.05) is 0 Å². The van der Waals surface area contributed by atoms with Gasteiger partial charge in [-0.1, -0.05) is 25.1 Å². The lowest BCUT2D eigenvalue weighted by Gasteiger charge is -2.26. The molecule has 200 valence electrons. The van der Waals surface area contributed by atoms with Gasteiger partial charge in [0.2, 0.25) is 0 Å². The number of aromatic amines is 1. The van der Waals surface area contributed by atoms with E-state index in [1.54, 1.807) is 31.2 Å². The maximum Gasteiger partial charge on any atom is 0.433 e. The highest BCUT2D eigenvalue weighted by atomic mass is 19.4. The average Bonchev–Trinajstić information content (AvgIpc) is 3.31. The molecule has 0 saturated carbocycles. The lowest BCUT2D eigenvalue weighted by atomic mass is 9.99. The number of H-pyrrole nitrogens is 1. The SMILES string of the molecule is C=N/C(=C\C(=C/C)NC(=C)c1n[nH]c2ccc(-c3cc(CN4CCCCC4)cc(F)c3F)cc12)C(F)(F)F. The van der Waals surface area contributed by atoms with Crippen LogP contribution < -0.4 is 5.32 Å². The third-order valence-corrected chi connectivity index (χ3v) is 6.46. The topological polar surface area (TPSA) is 56.3 Å². The number of nitrogens with zero attached hydrogens (tertiary/aromatic N) is 3. The summed E-state index contributed by atoms with van der Waals surface area (Å²) in [6.45, 7) is 10.8. The zero-order chi connectivity index (χ0) is 27.4. The molecule has 0 amide bonds. The Balaban J connectivity index is 1.65. The summed E-state index contributed by atoms with van der Waals surface area (Å²) < 4.78 is 68.9. The molecule has 1 aliphatic rings. The number of aromatic nitrogens is 2. The van der Waals surface area contributed by atoms with E-state index in [1.165, 1.54) is 18.6 Å². The molecule has 0 spiro atoms. The van der Waals surface area contributed by atoms with Crippen molar-refractivity contribution in [1.29, 1.82) is 0 Å². The summed E-state index contributed by atoms with van der Waals surface area (Å²) in [5.41, 5.74) is 1.27. The van der Waals surface area contributed by atoms with Crippen molar-refractivity contribution in [1.82, 2.24) is 20.4 Å². The second-order valence-electron chi connectivity index (χ2n) is 9.14. The number of allylic oxidation sites excluding steroid dienone is 3. The molecule has 38 heavy (non-hydrogen) atoms. The molecular formula is C28H28F5N5. The molecule has 10 heteroatoms. The van der Waals surface area contributed by atoms with Crippen LogP contribution in [-0.2, 0) is 6.54 Å². The standard InChI is InChI=1S/C28H28F5N5/c1-4-20(15-25(34-3)28(31,32)33)35-17(2)27-22-14-19(8-9-24(22)36-37-27)21-12-18(13-23(29)26(21)30)16-38-10-6-5-7-11-38/h4,8-9,12-15,35H,2-3,5-7,10-11,16H2,1H3,(H,36,37)/b20-4+,25-15-. The number of halogens is 5. The molecule has 2 heterocycles. The Morgan fingerprint density at radius 2 is 1.89 bits per heavy atom. The van der Waals surface area contributed by atoms with E-state index in [0.717, 1.165) is 32.0 Å². The fourth-order valence-corrected chi connectivity index (χ4v) is 4.52. The van der Waals surface area contributed by atoms with Crippen LogP contribution in [0.4, 0.5) is 22.0 Å². The van der Waals surface area contributed by atoms with Crippen LogP contribution in [0.3, 0.4) is 0 Å². The van der Waals surface area contributed by atoms with Gasteiger partial charge >= 0.3 is 6.18 Å². The minimum Gasteiger partial charge on any atom is -0.354 e. The van der Waals surface area contributed by atoms with Crippen LogP contribution in [0.15, 0.2) is 65.4 Å². The van der Waals surface area contributed by atoms with E-state index in [4.69, 9.17) is 0 Å². The highest BCUT2D eigenvalue weighted by Crippen LogP contribution is 2.32. The van der Waals surface area contributed by atoms with Gasteiger partial charge in [0.15, 0.2) is 11.6 Å². The van der Waals surface area contributed by atoms with Gasteiger partial charge in [-0.25, -0.2) is 8.78 Å². The first-order valence-electron chi connectivity index (χ1n) is 12.2. The Bertz CT molecular complexity index is 1410. The highest BCUT2D eigenvalue weighted by Gasteiger charge is 2.33. The van der Waals surface area contributed by atoms with Gasteiger partial charge in [0.25, 0.3) is 0 Å². The van der Waals surface area contributed by atoms with Gasteiger partial charge in [0.05, 0.1) is 11.2 Å². The first kappa shape index (κ1) is 27.3. The van der Waals surface area contributed by atoms with Crippen molar-refractivity contribution in [3.8, 4) is 11.1 Å². The molecule has 0 bridgehead atoms. The fraction of sp³-hybridized carbons (Fsp3) is 0.286. The monoisotopic (exact) mass is 529 g/mol. The van der Waals surface area contributed by atoms with Gasteiger partial charge < -0.3 is 5.32 Å². The van der Waals surface area contributed by atoms with E-state index < -0.39 is 23.5 Å². The molecule has 1 saturated heterocycles. The van der Waals surface area contributed by atoms with Crippen LogP contribution in [0.5, 0.6) is 0 Å². The van der Waals surface area contributed by atoms with E-state index in [2.05, 4.69) is 38.7 Å². The van der Waals surface area contributed by atoms with E-state index >= 15 is 0 Å². The van der Waals surface area contributed by atoms with Crippen molar-refractivity contribution in [2.24, 2.45) is 4.99 Å². The van der Waals surface area contributed by atoms with Gasteiger partial charge in [0.1, 0.15) is 11.4 Å². The second kappa shape index (κ2) is 11.3. The summed E-state index contributed by atoms with van der Waals surface area (Å²) in [7, 11) is 0. The highest BCUT2D eigenvalue weighted by molar-refractivity contribution is 5.93. The Morgan fingerprint density at radius 3 is 2.55 bits per heavy atom. The molecule has 5 nitrogen and oxygen atoms in total. The minimum absolute atomic E-state index is 0.0839. The number of hydrogen-bond donors (Lipinski definition) is 2. The summed E-state index contributed by atoms with van der Waals surface area (Å²) in [5.74, 6) is -1.87. The van der Waals surface area contributed by atoms with Crippen LogP contribution >= 0.6 is 0 Å². The van der Waals surface area contributed by atoms with Gasteiger partial charge in [-0.05, 0) is 81.0 Å². The van der Waals surface area contributed by atoms with Gasteiger partial charge in [0, 0.05) is 23.2 Å². The Hall–Kier alpha value is -3.79. The maximum absolute atomic E-state index is 14.9. The summed E-state index contributed by atoms with van der Waals surface area (Å²) >= 11 is 0. The van der Waals surface area contributed by atoms with Gasteiger partial charge in [-0.15, -0.1) is 0 Å². The molecule has 2 aromatic carbocycles. The number of nitrogens with one attached hydrogen (secondary N) is 2. The predicted molar refractivity (Wildman–Crippen MR) is 140 cm³/mol. The number of fused-ring (bicyclic) bond motifs is 1. The number of likely N-dealkylation sites (tertiary alicyclic amines) is 1. The first-order valence-corrected chi connectivity index (χ1v) is 12.2. The zero-order valence-corrected chi connectivity index (χ0v) is 20.9. The normalized spacial score (nSPS) is 15.6. The summed E-state index contributed by atoms with van der Waals surface area (Å²) in [6.07, 6.45) is 0.905. The van der Waals surface area contributed by atoms with E-state index in [0.29, 0.717) is 34.3 Å². The molecule has 4 rings (SSSR count). The molecule has 0 aliphatic carbocycles. The largest absolute Gasteiger partial charge is 0.433 e. The Labute approximate surface area is 217 Å². The molecule has 1 aliphatic heterocycles. The Morgan fingerprint density at radius 1 is 1.16 bits per heavy atom. The van der Waals surface area contributed by atoms with Gasteiger partial charge in [-0.2, -0.15) is 18.3 Å². The van der Waals surface area contributed by atoms with E-state index in [-0.39, 0.29) is 17.0 Å². The van der Waals surface area contributed by atoms with Crippen molar-refractivity contribution in [3.63, 3.8) is 0 Å². The van der Waals surface area contributed by atoms with E-state index in [9.17, 15) is 22.0 Å². The van der Waals surface area contributed by atoms with Crippen molar-refractivity contribution < 1.29 is 22.0 Å². The second-order valence-corrected chi connectivity index (χ2v) is 9.14. The molecule has 1 fully saturated rings. The third-order valence-electron chi connectivity index (χ3n) is 6.46. The van der Waals surface area contributed by atoms with Crippen LogP contribution in [0, 0.1) is 11.6 Å². The van der Waals surface area contributed by atoms with Crippen LogP contribution in [0.1, 0.15) is 37.4 Å². The lowest BCUT2D eigenvalue weighted by molar-refractivity contribution is -0.0922. The van der Waals surface area contributed by atoms with Crippen LogP contribution in [-0.4, -0.2) is 41.1 Å². The number of benzene rings is 2. The number of rotatable bonds is 8. The molecule has 3 aromatic rings. The lowest BCUT2D eigenvalue weighted by Crippen LogP contribution is -2.29. The van der Waals surface area contributed by atoms with Crippen molar-refractivity contribution >= 4 is 23.3 Å². The summed E-state index contributed by atoms with van der Waals surface area (Å²) in [6, 6.07) is 7.89. The smallest absolute Gasteiger partial charge is 0.354 e. The van der Waals surface area contributed by atoms with Crippen LogP contribution in [0.25, 0.3) is 27.7 Å². The molecule has 1 aromatic heterocycles. The summed E-state index contributed by atoms with van der Waals surface area (Å²) in [5, 5.41) is 10.4. The first-order chi connectivity index (χ1) is 18.1. The van der Waals surface area contributed by atoms with Gasteiger partial charge in [-0.3, -0.25) is 15.0 Å². The molecule has 0 radical (unpaired) electrons. The fourth-order valence-electron chi connectivity index (χ4n) is 4.52. The number of hydrogen-bond acceptors (Lipinski definition) is 4. The van der Waals surface area contributed by atoms with Crippen molar-refractivity contribution in [3.05, 3.63) is 83.3 Å². The molecular weight excluding hydrogens is 501 g/mol. The number of alkyl halides is 3. The van der Waals surface area contributed by atoms with Crippen molar-refractivity contribution in [2.45, 2.75) is 38.9 Å². The molecule has 0 unspecified atom stereocenters. The third kappa shape index (κ3) is 6.02.